The van der Waals surface area contributed by atoms with E-state index in [1.807, 2.05) is 20.8 Å². The lowest BCUT2D eigenvalue weighted by Gasteiger charge is -2.19. The second-order valence-corrected chi connectivity index (χ2v) is 7.71. The number of ether oxygens (including phenoxy) is 4. The van der Waals surface area contributed by atoms with Crippen molar-refractivity contribution in [3.8, 4) is 23.0 Å². The van der Waals surface area contributed by atoms with Crippen molar-refractivity contribution in [2.45, 2.75) is 40.7 Å². The Bertz CT molecular complexity index is 1060. The molecule has 0 fully saturated rings. The summed E-state index contributed by atoms with van der Waals surface area (Å²) in [6.45, 7) is 10.1. The van der Waals surface area contributed by atoms with Crippen molar-refractivity contribution in [1.29, 1.82) is 0 Å². The highest BCUT2D eigenvalue weighted by Crippen LogP contribution is 2.40. The third kappa shape index (κ3) is 7.47. The first-order chi connectivity index (χ1) is 16.8. The van der Waals surface area contributed by atoms with Crippen molar-refractivity contribution in [2.75, 3.05) is 30.8 Å². The number of carbonyl (C=O) groups excluding carboxylic acids is 2. The Morgan fingerprint density at radius 1 is 0.886 bits per heavy atom. The van der Waals surface area contributed by atoms with Gasteiger partial charge in [0.15, 0.2) is 23.0 Å². The van der Waals surface area contributed by atoms with Gasteiger partial charge < -0.3 is 18.9 Å². The molecule has 11 heteroatoms. The summed E-state index contributed by atoms with van der Waals surface area (Å²) in [4.78, 5) is 25.4. The number of anilines is 1. The second kappa shape index (κ2) is 13.7. The molecule has 1 amide bonds. The summed E-state index contributed by atoms with van der Waals surface area (Å²) in [5.74, 6) is 0.361. The number of amides is 1. The zero-order valence-corrected chi connectivity index (χ0v) is 21.9. The van der Waals surface area contributed by atoms with E-state index in [-0.39, 0.29) is 16.4 Å². The van der Waals surface area contributed by atoms with E-state index in [0.29, 0.717) is 49.4 Å². The summed E-state index contributed by atoms with van der Waals surface area (Å²) in [6, 6.07) is 6.40. The maximum Gasteiger partial charge on any atom is 0.276 e. The Hall–Kier alpha value is -3.04. The van der Waals surface area contributed by atoms with Gasteiger partial charge in [0.05, 0.1) is 37.1 Å². The lowest BCUT2D eigenvalue weighted by molar-refractivity contribution is -0.126. The molecule has 0 heterocycles. The lowest BCUT2D eigenvalue weighted by atomic mass is 10.2. The Balaban J connectivity index is 2.37. The highest BCUT2D eigenvalue weighted by atomic mass is 35.5. The Morgan fingerprint density at radius 2 is 1.49 bits per heavy atom. The molecule has 0 aliphatic carbocycles. The highest BCUT2D eigenvalue weighted by molar-refractivity contribution is 6.39. The largest absolute Gasteiger partial charge is 0.494 e. The number of Topliss-reactive ketones (excluding diaryl/α,β-unsaturated/α-hetero) is 1. The summed E-state index contributed by atoms with van der Waals surface area (Å²) in [6.07, 6.45) is 0. The van der Waals surface area contributed by atoms with Crippen LogP contribution in [0.25, 0.3) is 0 Å². The SMILES string of the molecule is CCOc1cc(Cl)c(N=NC(C(C)=O)C(=O)N(Cl)c2ccc(OCC)c(OCC)c2)c(OCC)c1. The highest BCUT2D eigenvalue weighted by Gasteiger charge is 2.30. The van der Waals surface area contributed by atoms with Gasteiger partial charge in [0, 0.05) is 30.0 Å². The van der Waals surface area contributed by atoms with Crippen LogP contribution in [-0.4, -0.2) is 44.2 Å². The van der Waals surface area contributed by atoms with Crippen molar-refractivity contribution in [2.24, 2.45) is 10.2 Å². The molecular weight excluding hydrogens is 497 g/mol. The van der Waals surface area contributed by atoms with Crippen LogP contribution in [0.15, 0.2) is 40.6 Å². The van der Waals surface area contributed by atoms with Crippen LogP contribution in [0.2, 0.25) is 5.02 Å². The molecule has 0 bridgehead atoms. The van der Waals surface area contributed by atoms with Gasteiger partial charge in [0.1, 0.15) is 11.4 Å². The van der Waals surface area contributed by atoms with Gasteiger partial charge in [-0.15, -0.1) is 5.11 Å². The van der Waals surface area contributed by atoms with Gasteiger partial charge in [-0.3, -0.25) is 9.59 Å². The molecule has 1 unspecified atom stereocenters. The van der Waals surface area contributed by atoms with Gasteiger partial charge in [-0.1, -0.05) is 11.6 Å². The second-order valence-electron chi connectivity index (χ2n) is 6.96. The molecule has 9 nitrogen and oxygen atoms in total. The normalized spacial score (nSPS) is 11.7. The molecule has 0 aliphatic heterocycles. The molecule has 35 heavy (non-hydrogen) atoms. The van der Waals surface area contributed by atoms with E-state index < -0.39 is 17.7 Å². The first-order valence-corrected chi connectivity index (χ1v) is 11.9. The zero-order valence-electron chi connectivity index (χ0n) is 20.3. The fourth-order valence-electron chi connectivity index (χ4n) is 2.98. The predicted molar refractivity (Wildman–Crippen MR) is 135 cm³/mol. The van der Waals surface area contributed by atoms with Crippen molar-refractivity contribution in [3.63, 3.8) is 0 Å². The average molecular weight is 526 g/mol. The number of ketones is 1. The first kappa shape index (κ1) is 28.2. The quantitative estimate of drug-likeness (QED) is 0.176. The van der Waals surface area contributed by atoms with Gasteiger partial charge in [0.2, 0.25) is 6.04 Å². The van der Waals surface area contributed by atoms with Crippen LogP contribution < -0.4 is 23.4 Å². The zero-order chi connectivity index (χ0) is 26.0. The minimum absolute atomic E-state index is 0.164. The van der Waals surface area contributed by atoms with Crippen molar-refractivity contribution in [3.05, 3.63) is 35.4 Å². The fourth-order valence-corrected chi connectivity index (χ4v) is 3.42. The van der Waals surface area contributed by atoms with E-state index in [1.54, 1.807) is 37.3 Å². The Morgan fingerprint density at radius 3 is 2.09 bits per heavy atom. The summed E-state index contributed by atoms with van der Waals surface area (Å²) in [5, 5.41) is 8.22. The summed E-state index contributed by atoms with van der Waals surface area (Å²) < 4.78 is 23.0. The third-order valence-electron chi connectivity index (χ3n) is 4.45. The van der Waals surface area contributed by atoms with E-state index in [4.69, 9.17) is 42.3 Å². The number of hydrogen-bond acceptors (Lipinski definition) is 8. The van der Waals surface area contributed by atoms with Crippen LogP contribution in [0.4, 0.5) is 11.4 Å². The summed E-state index contributed by atoms with van der Waals surface area (Å²) >= 11 is 12.7. The van der Waals surface area contributed by atoms with Gasteiger partial charge >= 0.3 is 0 Å². The number of azo groups is 1. The molecule has 1 atom stereocenters. The summed E-state index contributed by atoms with van der Waals surface area (Å²) in [5.41, 5.74) is 0.441. The molecular formula is C24H29Cl2N3O6. The van der Waals surface area contributed by atoms with Crippen LogP contribution in [0.3, 0.4) is 0 Å². The lowest BCUT2D eigenvalue weighted by Crippen LogP contribution is -2.36. The predicted octanol–water partition coefficient (Wildman–Crippen LogP) is 6.16. The maximum atomic E-state index is 13.1. The van der Waals surface area contributed by atoms with Crippen LogP contribution in [-0.2, 0) is 9.59 Å². The van der Waals surface area contributed by atoms with E-state index in [9.17, 15) is 9.59 Å². The molecule has 0 saturated heterocycles. The number of benzene rings is 2. The summed E-state index contributed by atoms with van der Waals surface area (Å²) in [7, 11) is 0. The topological polar surface area (TPSA) is 99.0 Å². The molecule has 0 N–H and O–H groups in total. The molecule has 0 radical (unpaired) electrons. The molecule has 2 aromatic carbocycles. The van der Waals surface area contributed by atoms with E-state index in [0.717, 1.165) is 4.42 Å². The van der Waals surface area contributed by atoms with Crippen molar-refractivity contribution in [1.82, 2.24) is 0 Å². The molecule has 2 rings (SSSR count). The van der Waals surface area contributed by atoms with Gasteiger partial charge in [-0.2, -0.15) is 5.11 Å². The molecule has 0 aliphatic rings. The monoisotopic (exact) mass is 525 g/mol. The smallest absolute Gasteiger partial charge is 0.276 e. The maximum absolute atomic E-state index is 13.1. The minimum atomic E-state index is -1.51. The Kier molecular flexibility index (Phi) is 11.1. The number of nitrogens with zero attached hydrogens (tertiary/aromatic N) is 3. The van der Waals surface area contributed by atoms with Crippen LogP contribution in [0.5, 0.6) is 23.0 Å². The van der Waals surface area contributed by atoms with Crippen molar-refractivity contribution >= 4 is 46.4 Å². The number of carbonyl (C=O) groups is 2. The average Bonchev–Trinajstić information content (AvgIpc) is 2.81. The van der Waals surface area contributed by atoms with Gasteiger partial charge in [0.25, 0.3) is 5.91 Å². The first-order valence-electron chi connectivity index (χ1n) is 11.2. The Labute approximate surface area is 215 Å². The minimum Gasteiger partial charge on any atom is -0.494 e. The number of halogens is 2. The molecule has 0 spiro atoms. The van der Waals surface area contributed by atoms with E-state index in [2.05, 4.69) is 10.2 Å². The van der Waals surface area contributed by atoms with Crippen LogP contribution in [0, 0.1) is 0 Å². The third-order valence-corrected chi connectivity index (χ3v) is 5.10. The van der Waals surface area contributed by atoms with Crippen LogP contribution in [0.1, 0.15) is 34.6 Å². The molecule has 190 valence electrons. The molecule has 2 aromatic rings. The standard InChI is InChI=1S/C24H29Cl2N3O6/c1-6-32-17-13-18(25)23(21(14-17)35-9-4)28-27-22(15(5)30)24(31)29(26)16-10-11-19(33-7-2)20(12-16)34-8-3/h10-14,22H,6-9H2,1-5H3. The van der Waals surface area contributed by atoms with Crippen molar-refractivity contribution < 1.29 is 28.5 Å². The number of rotatable bonds is 13. The number of hydrogen-bond donors (Lipinski definition) is 0. The van der Waals surface area contributed by atoms with E-state index in [1.165, 1.54) is 6.92 Å². The van der Waals surface area contributed by atoms with Gasteiger partial charge in [-0.05, 0) is 46.8 Å². The van der Waals surface area contributed by atoms with Gasteiger partial charge in [-0.25, -0.2) is 4.42 Å². The fraction of sp³-hybridized carbons (Fsp3) is 0.417. The molecule has 0 saturated carbocycles. The van der Waals surface area contributed by atoms with Crippen LogP contribution >= 0.6 is 23.4 Å². The molecule has 0 aromatic heterocycles. The van der Waals surface area contributed by atoms with E-state index >= 15 is 0 Å².